The Hall–Kier alpha value is -2.95. The lowest BCUT2D eigenvalue weighted by atomic mass is 9.65. The summed E-state index contributed by atoms with van der Waals surface area (Å²) >= 11 is 2.19. The molecule has 3 N–H and O–H groups in total. The van der Waals surface area contributed by atoms with Gasteiger partial charge in [-0.25, -0.2) is 0 Å². The van der Waals surface area contributed by atoms with Crippen LogP contribution in [0.1, 0.15) is 85.7 Å². The van der Waals surface area contributed by atoms with Gasteiger partial charge in [-0.05, 0) is 83.0 Å². The van der Waals surface area contributed by atoms with E-state index in [4.69, 9.17) is 0 Å². The number of nitrogens with one attached hydrogen (secondary N) is 3. The van der Waals surface area contributed by atoms with Crippen molar-refractivity contribution >= 4 is 57.6 Å². The highest BCUT2D eigenvalue weighted by Crippen LogP contribution is 2.47. The number of para-hydroxylation sites is 1. The number of benzene rings is 2. The number of fused-ring (bicyclic) bond motifs is 3. The summed E-state index contributed by atoms with van der Waals surface area (Å²) in [5.74, 6) is -1.08. The Morgan fingerprint density at radius 1 is 1.03 bits per heavy atom. The van der Waals surface area contributed by atoms with E-state index >= 15 is 0 Å². The molecule has 0 bridgehead atoms. The van der Waals surface area contributed by atoms with E-state index in [1.54, 1.807) is 6.07 Å². The van der Waals surface area contributed by atoms with Gasteiger partial charge < -0.3 is 15.5 Å². The van der Waals surface area contributed by atoms with Crippen LogP contribution in [0.25, 0.3) is 0 Å². The van der Waals surface area contributed by atoms with Crippen molar-refractivity contribution in [1.82, 2.24) is 10.2 Å². The Kier molecular flexibility index (Phi) is 7.11. The fourth-order valence-electron chi connectivity index (χ4n) is 6.94. The zero-order valence-electron chi connectivity index (χ0n) is 21.9. The number of anilines is 2. The lowest BCUT2D eigenvalue weighted by molar-refractivity contribution is -0.137. The van der Waals surface area contributed by atoms with E-state index < -0.39 is 11.9 Å². The monoisotopic (exact) mass is 640 g/mol. The predicted molar refractivity (Wildman–Crippen MR) is 156 cm³/mol. The number of halogens is 1. The van der Waals surface area contributed by atoms with Crippen molar-refractivity contribution in [2.45, 2.75) is 88.3 Å². The number of carbonyl (C=O) groups is 4. The van der Waals surface area contributed by atoms with Crippen molar-refractivity contribution in [2.24, 2.45) is 0 Å². The Balaban J connectivity index is 1.22. The lowest BCUT2D eigenvalue weighted by Gasteiger charge is -2.44. The molecule has 2 fully saturated rings. The van der Waals surface area contributed by atoms with Crippen molar-refractivity contribution in [3.05, 3.63) is 56.7 Å². The SMILES string of the molecule is O=C1CCC(N2Cc3c(I)cc(NC(=O)C4CC5(CCCCCCC5)c5ccccc5N4)cc3C2=O)C(=O)N1. The largest absolute Gasteiger partial charge is 0.373 e. The van der Waals surface area contributed by atoms with E-state index in [9.17, 15) is 19.2 Å². The van der Waals surface area contributed by atoms with Gasteiger partial charge in [-0.3, -0.25) is 24.5 Å². The minimum absolute atomic E-state index is 0.00491. The van der Waals surface area contributed by atoms with Crippen LogP contribution >= 0.6 is 22.6 Å². The van der Waals surface area contributed by atoms with Crippen LogP contribution in [0.15, 0.2) is 36.4 Å². The molecule has 1 saturated carbocycles. The molecular formula is C30H33IN4O4. The third-order valence-electron chi connectivity index (χ3n) is 8.92. The standard InChI is InChI=1S/C30H33IN4O4/c31-22-15-18(14-19-20(22)17-35(29(19)39)25-10-11-26(36)34-28(25)38)32-27(37)24-16-30(12-6-2-1-3-7-13-30)21-8-4-5-9-23(21)33-24/h4-5,8-9,14-15,24-25,33H,1-3,6-7,10-13,16-17H2,(H,32,37)(H,34,36,38). The number of carbonyl (C=O) groups excluding carboxylic acids is 4. The number of amides is 4. The fourth-order valence-corrected chi connectivity index (χ4v) is 7.74. The molecule has 1 saturated heterocycles. The van der Waals surface area contributed by atoms with Crippen molar-refractivity contribution in [3.8, 4) is 0 Å². The van der Waals surface area contributed by atoms with Crippen molar-refractivity contribution < 1.29 is 19.2 Å². The van der Waals surface area contributed by atoms with Gasteiger partial charge in [0.15, 0.2) is 0 Å². The molecule has 6 rings (SSSR count). The summed E-state index contributed by atoms with van der Waals surface area (Å²) in [5, 5.41) is 8.93. The maximum absolute atomic E-state index is 13.7. The third kappa shape index (κ3) is 4.94. The molecule has 39 heavy (non-hydrogen) atoms. The molecule has 1 aliphatic carbocycles. The van der Waals surface area contributed by atoms with Gasteiger partial charge in [0, 0.05) is 33.5 Å². The van der Waals surface area contributed by atoms with Gasteiger partial charge in [-0.1, -0.05) is 50.3 Å². The second-order valence-electron chi connectivity index (χ2n) is 11.4. The Morgan fingerprint density at radius 2 is 1.77 bits per heavy atom. The molecule has 2 unspecified atom stereocenters. The molecule has 2 aromatic carbocycles. The van der Waals surface area contributed by atoms with Crippen LogP contribution in [0.3, 0.4) is 0 Å². The summed E-state index contributed by atoms with van der Waals surface area (Å²) in [4.78, 5) is 52.6. The van der Waals surface area contributed by atoms with Crippen LogP contribution in [0.2, 0.25) is 0 Å². The molecule has 4 aliphatic rings. The second-order valence-corrected chi connectivity index (χ2v) is 12.5. The number of imide groups is 1. The summed E-state index contributed by atoms with van der Waals surface area (Å²) in [5.41, 5.74) is 4.30. The molecule has 1 spiro atoms. The van der Waals surface area contributed by atoms with Crippen molar-refractivity contribution in [1.29, 1.82) is 0 Å². The van der Waals surface area contributed by atoms with Crippen molar-refractivity contribution in [3.63, 3.8) is 0 Å². The van der Waals surface area contributed by atoms with E-state index in [2.05, 4.69) is 56.7 Å². The number of piperidine rings is 1. The van der Waals surface area contributed by atoms with Gasteiger partial charge >= 0.3 is 0 Å². The number of hydrogen-bond acceptors (Lipinski definition) is 5. The fraction of sp³-hybridized carbons (Fsp3) is 0.467. The number of nitrogens with zero attached hydrogens (tertiary/aromatic N) is 1. The summed E-state index contributed by atoms with van der Waals surface area (Å²) in [6, 6.07) is 11.0. The molecular weight excluding hydrogens is 607 g/mol. The Morgan fingerprint density at radius 3 is 2.54 bits per heavy atom. The summed E-state index contributed by atoms with van der Waals surface area (Å²) in [6.07, 6.45) is 9.60. The van der Waals surface area contributed by atoms with Crippen LogP contribution in [0, 0.1) is 3.57 Å². The highest BCUT2D eigenvalue weighted by atomic mass is 127. The maximum atomic E-state index is 13.7. The minimum Gasteiger partial charge on any atom is -0.373 e. The molecule has 0 aromatic heterocycles. The van der Waals surface area contributed by atoms with Crippen LogP contribution in [0.5, 0.6) is 0 Å². The van der Waals surface area contributed by atoms with Gasteiger partial charge in [-0.2, -0.15) is 0 Å². The summed E-state index contributed by atoms with van der Waals surface area (Å²) < 4.78 is 0.863. The van der Waals surface area contributed by atoms with E-state index in [1.807, 2.05) is 12.1 Å². The van der Waals surface area contributed by atoms with Gasteiger partial charge in [-0.15, -0.1) is 0 Å². The first kappa shape index (κ1) is 26.3. The molecule has 2 aromatic rings. The van der Waals surface area contributed by atoms with Crippen molar-refractivity contribution in [2.75, 3.05) is 10.6 Å². The van der Waals surface area contributed by atoms with Gasteiger partial charge in [0.2, 0.25) is 17.7 Å². The Bertz CT molecular complexity index is 1350. The predicted octanol–water partition coefficient (Wildman–Crippen LogP) is 4.86. The first-order chi connectivity index (χ1) is 18.8. The molecule has 204 valence electrons. The lowest BCUT2D eigenvalue weighted by Crippen LogP contribution is -2.52. The zero-order chi connectivity index (χ0) is 27.1. The molecule has 8 nitrogen and oxygen atoms in total. The summed E-state index contributed by atoms with van der Waals surface area (Å²) in [7, 11) is 0. The highest BCUT2D eigenvalue weighted by Gasteiger charge is 2.43. The van der Waals surface area contributed by atoms with E-state index in [0.717, 1.165) is 34.1 Å². The minimum atomic E-state index is -0.664. The molecule has 4 amide bonds. The molecule has 2 atom stereocenters. The van der Waals surface area contributed by atoms with Crippen LogP contribution in [0.4, 0.5) is 11.4 Å². The molecule has 3 heterocycles. The smallest absolute Gasteiger partial charge is 0.255 e. The van der Waals surface area contributed by atoms with E-state index in [1.165, 1.54) is 42.6 Å². The van der Waals surface area contributed by atoms with Crippen LogP contribution in [-0.4, -0.2) is 40.6 Å². The van der Waals surface area contributed by atoms with E-state index in [-0.39, 0.29) is 35.6 Å². The molecule has 3 aliphatic heterocycles. The average Bonchev–Trinajstić information content (AvgIpc) is 3.23. The van der Waals surface area contributed by atoms with Gasteiger partial charge in [0.25, 0.3) is 5.91 Å². The van der Waals surface area contributed by atoms with E-state index in [0.29, 0.717) is 24.2 Å². The first-order valence-corrected chi connectivity index (χ1v) is 15.1. The molecule has 9 heteroatoms. The Labute approximate surface area is 241 Å². The first-order valence-electron chi connectivity index (χ1n) is 14.0. The highest BCUT2D eigenvalue weighted by molar-refractivity contribution is 14.1. The third-order valence-corrected chi connectivity index (χ3v) is 9.88. The number of hydrogen-bond donors (Lipinski definition) is 3. The van der Waals surface area contributed by atoms with Crippen LogP contribution < -0.4 is 16.0 Å². The van der Waals surface area contributed by atoms with Gasteiger partial charge in [0.1, 0.15) is 12.1 Å². The normalized spacial score (nSPS) is 24.2. The second kappa shape index (κ2) is 10.6. The van der Waals surface area contributed by atoms with Crippen LogP contribution in [-0.2, 0) is 26.3 Å². The summed E-state index contributed by atoms with van der Waals surface area (Å²) in [6.45, 7) is 0.316. The maximum Gasteiger partial charge on any atom is 0.255 e. The quantitative estimate of drug-likeness (QED) is 0.329. The molecule has 0 radical (unpaired) electrons. The topological polar surface area (TPSA) is 108 Å². The average molecular weight is 641 g/mol. The number of rotatable bonds is 3. The zero-order valence-corrected chi connectivity index (χ0v) is 24.0. The van der Waals surface area contributed by atoms with Gasteiger partial charge in [0.05, 0.1) is 0 Å².